The highest BCUT2D eigenvalue weighted by Crippen LogP contribution is 2.35. The highest BCUT2D eigenvalue weighted by molar-refractivity contribution is 7.87. The van der Waals surface area contributed by atoms with E-state index in [4.69, 9.17) is 4.74 Å². The molecule has 260 valence electrons. The normalized spacial score (nSPS) is 22.0. The van der Waals surface area contributed by atoms with E-state index in [0.29, 0.717) is 24.2 Å². The molecule has 5 N–H and O–H groups in total. The molecule has 0 radical (unpaired) electrons. The molecule has 1 fully saturated rings. The lowest BCUT2D eigenvalue weighted by Crippen LogP contribution is -2.59. The van der Waals surface area contributed by atoms with E-state index in [-0.39, 0.29) is 38.4 Å². The number of hydrogen-bond acceptors (Lipinski definition) is 7. The lowest BCUT2D eigenvalue weighted by molar-refractivity contribution is -0.134. The Morgan fingerprint density at radius 3 is 2.10 bits per heavy atom. The van der Waals surface area contributed by atoms with Gasteiger partial charge in [-0.25, -0.2) is 0 Å². The second-order valence-corrected chi connectivity index (χ2v) is 14.2. The van der Waals surface area contributed by atoms with Crippen molar-refractivity contribution in [2.75, 3.05) is 20.2 Å². The molecule has 2 aliphatic heterocycles. The van der Waals surface area contributed by atoms with Crippen molar-refractivity contribution in [2.24, 2.45) is 0 Å². The number of ether oxygens (including phenoxy) is 1. The summed E-state index contributed by atoms with van der Waals surface area (Å²) in [7, 11) is -2.75. The van der Waals surface area contributed by atoms with Gasteiger partial charge in [0.15, 0.2) is 0 Å². The molecule has 0 unspecified atom stereocenters. The van der Waals surface area contributed by atoms with Crippen molar-refractivity contribution in [3.05, 3.63) is 102 Å². The first-order valence-electron chi connectivity index (χ1n) is 16.2. The van der Waals surface area contributed by atoms with E-state index in [1.807, 2.05) is 36.4 Å². The average molecular weight is 691 g/mol. The first-order valence-corrected chi connectivity index (χ1v) is 17.6. The van der Waals surface area contributed by atoms with Gasteiger partial charge in [-0.1, -0.05) is 72.8 Å². The fourth-order valence-corrected chi connectivity index (χ4v) is 6.48. The van der Waals surface area contributed by atoms with Crippen molar-refractivity contribution in [2.45, 2.75) is 62.8 Å². The molecule has 0 aromatic heterocycles. The molecule has 2 bridgehead atoms. The van der Waals surface area contributed by atoms with Crippen LogP contribution in [0.3, 0.4) is 0 Å². The van der Waals surface area contributed by atoms with Crippen LogP contribution in [-0.4, -0.2) is 80.2 Å². The standard InChI is InChI=1S/C35H42N6O7S/c1-24-31(42)38-29(21-25-9-5-3-6-10-25)33(44)39-35(17-18-35)34(45)36-19-20-48-28-15-13-26(14-16-28)22-30(32(43)37-24)40-49(46,47)41(2)23-27-11-7-4-8-12-27/h3-16,24,29-30,40H,17-23H2,1-2H3,(H,36,45)(H,37,43)(H,38,42)(H,39,44)/t24-,29+,30-/m0/s1. The van der Waals surface area contributed by atoms with Gasteiger partial charge in [0.25, 0.3) is 10.2 Å². The lowest BCUT2D eigenvalue weighted by Gasteiger charge is -2.26. The summed E-state index contributed by atoms with van der Waals surface area (Å²) in [5, 5.41) is 11.0. The van der Waals surface area contributed by atoms with E-state index in [1.165, 1.54) is 14.0 Å². The van der Waals surface area contributed by atoms with E-state index in [9.17, 15) is 27.6 Å². The molecule has 6 rings (SSSR count). The van der Waals surface area contributed by atoms with Crippen LogP contribution in [0.4, 0.5) is 0 Å². The monoisotopic (exact) mass is 690 g/mol. The fourth-order valence-electron chi connectivity index (χ4n) is 5.44. The summed E-state index contributed by atoms with van der Waals surface area (Å²) in [6.45, 7) is 1.88. The molecule has 3 aromatic rings. The molecule has 13 nitrogen and oxygen atoms in total. The fraction of sp³-hybridized carbons (Fsp3) is 0.371. The zero-order valence-electron chi connectivity index (χ0n) is 27.5. The highest BCUT2D eigenvalue weighted by Gasteiger charge is 2.51. The zero-order chi connectivity index (χ0) is 35.0. The smallest absolute Gasteiger partial charge is 0.280 e. The number of amides is 4. The van der Waals surface area contributed by atoms with Crippen molar-refractivity contribution in [3.8, 4) is 5.75 Å². The Kier molecular flexibility index (Phi) is 11.3. The summed E-state index contributed by atoms with van der Waals surface area (Å²) >= 11 is 0. The molecule has 4 amide bonds. The van der Waals surface area contributed by atoms with Gasteiger partial charge in [-0.3, -0.25) is 19.2 Å². The minimum Gasteiger partial charge on any atom is -0.492 e. The van der Waals surface area contributed by atoms with Gasteiger partial charge < -0.3 is 26.0 Å². The number of carbonyl (C=O) groups excluding carboxylic acids is 4. The van der Waals surface area contributed by atoms with E-state index in [2.05, 4.69) is 26.0 Å². The van der Waals surface area contributed by atoms with E-state index >= 15 is 0 Å². The van der Waals surface area contributed by atoms with Crippen molar-refractivity contribution < 1.29 is 32.3 Å². The molecule has 14 heteroatoms. The van der Waals surface area contributed by atoms with Crippen LogP contribution in [-0.2, 0) is 48.8 Å². The van der Waals surface area contributed by atoms with Crippen molar-refractivity contribution >= 4 is 33.8 Å². The van der Waals surface area contributed by atoms with E-state index in [1.54, 1.807) is 48.5 Å². The Hall–Kier alpha value is -4.79. The van der Waals surface area contributed by atoms with E-state index < -0.39 is 51.6 Å². The summed E-state index contributed by atoms with van der Waals surface area (Å²) in [4.78, 5) is 53.8. The van der Waals surface area contributed by atoms with Crippen LogP contribution in [0.1, 0.15) is 36.5 Å². The largest absolute Gasteiger partial charge is 0.492 e. The SMILES string of the molecule is C[C@@H]1NC(=O)[C@@H](NS(=O)(=O)N(C)Cc2ccccc2)Cc2ccc(cc2)OCCNC(=O)C2(CC2)NC(=O)[C@@H](Cc2ccccc2)NC1=O. The van der Waals surface area contributed by atoms with Crippen LogP contribution in [0, 0.1) is 0 Å². The van der Waals surface area contributed by atoms with E-state index in [0.717, 1.165) is 15.4 Å². The average Bonchev–Trinajstić information content (AvgIpc) is 3.87. The molecule has 2 heterocycles. The summed E-state index contributed by atoms with van der Waals surface area (Å²) in [6, 6.07) is 21.4. The van der Waals surface area contributed by atoms with Gasteiger partial charge >= 0.3 is 0 Å². The zero-order valence-corrected chi connectivity index (χ0v) is 28.3. The summed E-state index contributed by atoms with van der Waals surface area (Å²) < 4.78 is 36.3. The summed E-state index contributed by atoms with van der Waals surface area (Å²) in [6.07, 6.45) is 0.999. The first kappa shape index (κ1) is 35.5. The third-order valence-electron chi connectivity index (χ3n) is 8.50. The van der Waals surface area contributed by atoms with Crippen molar-refractivity contribution in [3.63, 3.8) is 0 Å². The predicted octanol–water partition coefficient (Wildman–Crippen LogP) is 0.954. The minimum absolute atomic E-state index is 0.0317. The summed E-state index contributed by atoms with van der Waals surface area (Å²) in [5.74, 6) is -1.74. The maximum Gasteiger partial charge on any atom is 0.280 e. The van der Waals surface area contributed by atoms with Crippen LogP contribution in [0.15, 0.2) is 84.9 Å². The number of benzene rings is 3. The highest BCUT2D eigenvalue weighted by atomic mass is 32.2. The number of nitrogens with one attached hydrogen (secondary N) is 5. The predicted molar refractivity (Wildman–Crippen MR) is 182 cm³/mol. The molecule has 3 aliphatic rings. The Balaban J connectivity index is 1.38. The number of nitrogens with zero attached hydrogens (tertiary/aromatic N) is 1. The number of carbonyl (C=O) groups is 4. The van der Waals surface area contributed by atoms with Gasteiger partial charge in [0.2, 0.25) is 23.6 Å². The Morgan fingerprint density at radius 2 is 1.47 bits per heavy atom. The molecule has 1 aliphatic carbocycles. The number of hydrogen-bond donors (Lipinski definition) is 5. The van der Waals surface area contributed by atoms with Gasteiger partial charge in [0.05, 0.1) is 6.54 Å². The van der Waals surface area contributed by atoms with Gasteiger partial charge in [-0.05, 0) is 55.0 Å². The molecule has 1 spiro atoms. The Labute approximate surface area is 286 Å². The second-order valence-electron chi connectivity index (χ2n) is 12.4. The Morgan fingerprint density at radius 1 is 0.837 bits per heavy atom. The number of rotatable bonds is 7. The van der Waals surface area contributed by atoms with Crippen LogP contribution in [0.5, 0.6) is 5.75 Å². The molecule has 3 atom stereocenters. The number of fused-ring (bicyclic) bond motifs is 15. The van der Waals surface area contributed by atoms with Crippen LogP contribution >= 0.6 is 0 Å². The van der Waals surface area contributed by atoms with Gasteiger partial charge in [0.1, 0.15) is 36.0 Å². The van der Waals surface area contributed by atoms with Crippen molar-refractivity contribution in [1.82, 2.24) is 30.3 Å². The van der Waals surface area contributed by atoms with Crippen LogP contribution in [0.25, 0.3) is 0 Å². The second kappa shape index (κ2) is 15.6. The maximum absolute atomic E-state index is 13.7. The Bertz CT molecular complexity index is 1730. The van der Waals surface area contributed by atoms with Gasteiger partial charge in [-0.2, -0.15) is 17.4 Å². The molecular weight excluding hydrogens is 648 g/mol. The summed E-state index contributed by atoms with van der Waals surface area (Å²) in [5.41, 5.74) is 1.09. The molecule has 0 saturated heterocycles. The maximum atomic E-state index is 13.7. The van der Waals surface area contributed by atoms with Gasteiger partial charge in [0, 0.05) is 20.0 Å². The molecular formula is C35H42N6O7S. The van der Waals surface area contributed by atoms with Gasteiger partial charge in [-0.15, -0.1) is 0 Å². The third-order valence-corrected chi connectivity index (χ3v) is 10.0. The first-order chi connectivity index (χ1) is 23.4. The lowest BCUT2D eigenvalue weighted by atomic mass is 10.0. The molecule has 3 aromatic carbocycles. The topological polar surface area (TPSA) is 175 Å². The van der Waals surface area contributed by atoms with Crippen LogP contribution < -0.4 is 30.7 Å². The van der Waals surface area contributed by atoms with Crippen LogP contribution in [0.2, 0.25) is 0 Å². The molecule has 1 saturated carbocycles. The molecule has 49 heavy (non-hydrogen) atoms. The minimum atomic E-state index is -4.16. The quantitative estimate of drug-likeness (QED) is 0.230. The third kappa shape index (κ3) is 9.65. The van der Waals surface area contributed by atoms with Crippen molar-refractivity contribution in [1.29, 1.82) is 0 Å².